The van der Waals surface area contributed by atoms with Crippen LogP contribution in [0.3, 0.4) is 0 Å². The Labute approximate surface area is 59.1 Å². The van der Waals surface area contributed by atoms with Crippen LogP contribution in [0.15, 0.2) is 28.7 Å². The van der Waals surface area contributed by atoms with Crippen molar-refractivity contribution in [1.82, 2.24) is 0 Å². The highest BCUT2D eigenvalue weighted by Gasteiger charge is 2.02. The van der Waals surface area contributed by atoms with Crippen molar-refractivity contribution in [3.05, 3.63) is 24.3 Å². The van der Waals surface area contributed by atoms with Gasteiger partial charge in [0.1, 0.15) is 5.71 Å². The third-order valence-electron chi connectivity index (χ3n) is 1.02. The summed E-state index contributed by atoms with van der Waals surface area (Å²) < 4.78 is 3.69. The predicted molar refractivity (Wildman–Crippen MR) is 43.6 cm³/mol. The van der Waals surface area contributed by atoms with E-state index in [9.17, 15) is 0 Å². The molecule has 0 heterocycles. The molecule has 0 unspecified atom stereocenters. The van der Waals surface area contributed by atoms with E-state index in [4.69, 9.17) is 5.41 Å². The first-order chi connectivity index (χ1) is 4.34. The third-order valence-corrected chi connectivity index (χ3v) is 1.27. The molecule has 0 aromatic carbocycles. The molecule has 0 atom stereocenters. The van der Waals surface area contributed by atoms with Crippen LogP contribution in [0.2, 0.25) is 0 Å². The first-order valence-corrected chi connectivity index (χ1v) is 2.97. The van der Waals surface area contributed by atoms with Gasteiger partial charge in [-0.2, -0.15) is 0 Å². The molecule has 46 valence electrons. The molecular weight excluding hydrogens is 132 g/mol. The van der Waals surface area contributed by atoms with Gasteiger partial charge in [-0.05, 0) is 12.2 Å². The van der Waals surface area contributed by atoms with Crippen molar-refractivity contribution in [1.29, 1.82) is 5.41 Å². The predicted octanol–water partition coefficient (Wildman–Crippen LogP) is 0.500. The van der Waals surface area contributed by atoms with Gasteiger partial charge in [0.15, 0.2) is 0 Å². The number of hydrogen-bond acceptors (Lipinski definition) is 2. The Hall–Kier alpha value is -0.830. The minimum absolute atomic E-state index is 0.438. The summed E-state index contributed by atoms with van der Waals surface area (Å²) in [6.07, 6.45) is 7.12. The zero-order chi connectivity index (χ0) is 6.69. The van der Waals surface area contributed by atoms with Crippen molar-refractivity contribution >= 4 is 24.2 Å². The van der Waals surface area contributed by atoms with Crippen LogP contribution in [-0.4, -0.2) is 11.4 Å². The van der Waals surface area contributed by atoms with Gasteiger partial charge in [0, 0.05) is 0 Å². The second-order valence-electron chi connectivity index (χ2n) is 1.63. The van der Waals surface area contributed by atoms with Crippen LogP contribution in [0.1, 0.15) is 0 Å². The molecule has 2 nitrogen and oxygen atoms in total. The maximum absolute atomic E-state index is 7.25. The first kappa shape index (κ1) is 6.29. The summed E-state index contributed by atoms with van der Waals surface area (Å²) in [5.41, 5.74) is 1.10. The second kappa shape index (κ2) is 2.64. The lowest BCUT2D eigenvalue weighted by Crippen LogP contribution is -2.08. The Kier molecular flexibility index (Phi) is 1.85. The lowest BCUT2D eigenvalue weighted by atomic mass is 10.1. The molecule has 0 radical (unpaired) electrons. The summed E-state index contributed by atoms with van der Waals surface area (Å²) in [5.74, 6) is 0. The van der Waals surface area contributed by atoms with E-state index in [-0.39, 0.29) is 0 Å². The number of nitrogens with one attached hydrogen (secondary N) is 1. The van der Waals surface area contributed by atoms with E-state index < -0.39 is 0 Å². The minimum atomic E-state index is 0.438. The lowest BCUT2D eigenvalue weighted by Gasteiger charge is -1.95. The van der Waals surface area contributed by atoms with Crippen LogP contribution in [0.5, 0.6) is 0 Å². The zero-order valence-electron chi connectivity index (χ0n) is 4.76. The van der Waals surface area contributed by atoms with E-state index >= 15 is 0 Å². The largest absolute Gasteiger partial charge is 0.298 e. The van der Waals surface area contributed by atoms with Crippen LogP contribution < -0.4 is 0 Å². The van der Waals surface area contributed by atoms with E-state index in [0.29, 0.717) is 11.4 Å². The van der Waals surface area contributed by atoms with Gasteiger partial charge in [0.05, 0.1) is 18.5 Å². The minimum Gasteiger partial charge on any atom is -0.298 e. The standard InChI is InChI=1S/C6H6N2S/c7-5-3-1-2-4-6(5)8-9/h1-4,7,9H/p+1/b7-5?,8-6-. The molecule has 1 aliphatic rings. The molecule has 0 saturated heterocycles. The van der Waals surface area contributed by atoms with Crippen molar-refractivity contribution in [3.8, 4) is 0 Å². The monoisotopic (exact) mass is 139 g/mol. The maximum atomic E-state index is 7.25. The molecule has 1 N–H and O–H groups in total. The number of hydrogen-bond donors (Lipinski definition) is 1. The highest BCUT2D eigenvalue weighted by atomic mass is 32.1. The Balaban J connectivity index is 2.91. The molecule has 0 spiro atoms. The Morgan fingerprint density at radius 3 is 2.44 bits per heavy atom. The number of allylic oxidation sites excluding steroid dienone is 4. The zero-order valence-corrected chi connectivity index (χ0v) is 5.76. The molecule has 0 aliphatic heterocycles. The van der Waals surface area contributed by atoms with Crippen molar-refractivity contribution in [2.24, 2.45) is 4.40 Å². The molecule has 1 rings (SSSR count). The Morgan fingerprint density at radius 1 is 1.33 bits per heavy atom. The molecule has 3 heteroatoms. The summed E-state index contributed by atoms with van der Waals surface area (Å²) in [6, 6.07) is 0. The summed E-state index contributed by atoms with van der Waals surface area (Å²) in [7, 11) is 0. The average Bonchev–Trinajstić information content (AvgIpc) is 1.89. The fourth-order valence-electron chi connectivity index (χ4n) is 0.571. The van der Waals surface area contributed by atoms with Gasteiger partial charge in [0.2, 0.25) is 0 Å². The summed E-state index contributed by atoms with van der Waals surface area (Å²) in [6.45, 7) is 0. The summed E-state index contributed by atoms with van der Waals surface area (Å²) in [5, 5.41) is 7.25. The molecule has 0 saturated carbocycles. The third kappa shape index (κ3) is 1.29. The van der Waals surface area contributed by atoms with Gasteiger partial charge >= 0.3 is 0 Å². The molecule has 0 bridgehead atoms. The van der Waals surface area contributed by atoms with E-state index in [1.54, 1.807) is 12.2 Å². The van der Waals surface area contributed by atoms with Gasteiger partial charge in [-0.25, -0.2) is 0 Å². The quantitative estimate of drug-likeness (QED) is 0.375. The van der Waals surface area contributed by atoms with Gasteiger partial charge in [0.25, 0.3) is 0 Å². The molecule has 0 fully saturated rings. The van der Waals surface area contributed by atoms with Crippen LogP contribution in [-0.2, 0) is 12.8 Å². The lowest BCUT2D eigenvalue weighted by molar-refractivity contribution is 1.54. The normalized spacial score (nSPS) is 21.4. The van der Waals surface area contributed by atoms with Crippen LogP contribution in [0.25, 0.3) is 0 Å². The molecule has 0 amide bonds. The fraction of sp³-hybridized carbons (Fsp3) is 0. The molecule has 1 aliphatic carbocycles. The van der Waals surface area contributed by atoms with Gasteiger partial charge in [-0.1, -0.05) is 16.5 Å². The van der Waals surface area contributed by atoms with Gasteiger partial charge in [-0.3, -0.25) is 5.41 Å². The van der Waals surface area contributed by atoms with E-state index in [1.165, 1.54) is 0 Å². The second-order valence-corrected chi connectivity index (χ2v) is 1.85. The molecule has 0 aromatic heterocycles. The Morgan fingerprint density at radius 2 is 2.00 bits per heavy atom. The highest BCUT2D eigenvalue weighted by molar-refractivity contribution is 7.57. The summed E-state index contributed by atoms with van der Waals surface area (Å²) in [4.78, 5) is 0. The van der Waals surface area contributed by atoms with E-state index in [1.807, 2.05) is 12.2 Å². The van der Waals surface area contributed by atoms with Crippen LogP contribution >= 0.6 is 0 Å². The number of nitrogens with zero attached hydrogens (tertiary/aromatic N) is 1. The van der Waals surface area contributed by atoms with Crippen molar-refractivity contribution < 1.29 is 0 Å². The van der Waals surface area contributed by atoms with Crippen molar-refractivity contribution in [3.63, 3.8) is 0 Å². The topological polar surface area (TPSA) is 36.2 Å². The maximum Gasteiger partial charge on any atom is 0.138 e. The molecule has 0 aromatic rings. The van der Waals surface area contributed by atoms with Crippen LogP contribution in [0, 0.1) is 5.41 Å². The number of rotatable bonds is 0. The fourth-order valence-corrected chi connectivity index (χ4v) is 0.766. The Bertz CT molecular complexity index is 213. The molecule has 9 heavy (non-hydrogen) atoms. The van der Waals surface area contributed by atoms with Gasteiger partial charge in [-0.15, -0.1) is 0 Å². The van der Waals surface area contributed by atoms with Crippen molar-refractivity contribution in [2.45, 2.75) is 0 Å². The SMILES string of the molecule is N=C1C=CC=C/C1=N/[SH2+]. The molecular formula is C6H7N2S+. The highest BCUT2D eigenvalue weighted by Crippen LogP contribution is 1.94. The first-order valence-electron chi connectivity index (χ1n) is 2.52. The summed E-state index contributed by atoms with van der Waals surface area (Å²) >= 11 is 2.96. The smallest absolute Gasteiger partial charge is 0.138 e. The van der Waals surface area contributed by atoms with E-state index in [2.05, 4.69) is 17.2 Å². The van der Waals surface area contributed by atoms with Crippen molar-refractivity contribution in [2.75, 3.05) is 0 Å². The van der Waals surface area contributed by atoms with Crippen LogP contribution in [0.4, 0.5) is 0 Å². The van der Waals surface area contributed by atoms with Gasteiger partial charge < -0.3 is 0 Å². The van der Waals surface area contributed by atoms with E-state index in [0.717, 1.165) is 0 Å². The average molecular weight is 139 g/mol.